The minimum absolute atomic E-state index is 0.436. The van der Waals surface area contributed by atoms with E-state index in [0.717, 1.165) is 17.8 Å². The minimum atomic E-state index is 0.436. The lowest BCUT2D eigenvalue weighted by Gasteiger charge is -2.42. The molecule has 98 valence electrons. The van der Waals surface area contributed by atoms with Crippen molar-refractivity contribution in [1.82, 2.24) is 0 Å². The molecule has 3 saturated carbocycles. The minimum Gasteiger partial charge on any atom is -0.172 e. The molecule has 0 bridgehead atoms. The average molecular weight is 252 g/mol. The lowest BCUT2D eigenvalue weighted by atomic mass is 9.70. The van der Waals surface area contributed by atoms with Gasteiger partial charge in [-0.25, -0.2) is 0 Å². The molecule has 0 radical (unpaired) electrons. The molecule has 0 aromatic rings. The Hall–Kier alpha value is 0.350. The molecule has 3 rings (SSSR count). The van der Waals surface area contributed by atoms with Crippen LogP contribution in [0.25, 0.3) is 0 Å². The van der Waals surface area contributed by atoms with Crippen molar-refractivity contribution in [3.8, 4) is 0 Å². The molecule has 3 fully saturated rings. The maximum absolute atomic E-state index is 5.13. The molecule has 0 nitrogen and oxygen atoms in total. The monoisotopic (exact) mass is 252 g/mol. The van der Waals surface area contributed by atoms with Gasteiger partial charge in [-0.2, -0.15) is 12.6 Å². The van der Waals surface area contributed by atoms with Gasteiger partial charge in [0, 0.05) is 4.75 Å². The Bertz CT molecular complexity index is 240. The normalized spacial score (nSPS) is 41.1. The molecule has 0 atom stereocenters. The van der Waals surface area contributed by atoms with Crippen LogP contribution in [0.2, 0.25) is 0 Å². The zero-order valence-electron chi connectivity index (χ0n) is 11.2. The Morgan fingerprint density at radius 2 is 1.12 bits per heavy atom. The van der Waals surface area contributed by atoms with Gasteiger partial charge in [-0.15, -0.1) is 0 Å². The van der Waals surface area contributed by atoms with Crippen LogP contribution in [-0.4, -0.2) is 4.75 Å². The summed E-state index contributed by atoms with van der Waals surface area (Å²) in [4.78, 5) is 0. The van der Waals surface area contributed by atoms with E-state index in [1.54, 1.807) is 0 Å². The summed E-state index contributed by atoms with van der Waals surface area (Å²) in [7, 11) is 0. The van der Waals surface area contributed by atoms with Gasteiger partial charge >= 0.3 is 0 Å². The summed E-state index contributed by atoms with van der Waals surface area (Å²) < 4.78 is 0.436. The van der Waals surface area contributed by atoms with Crippen LogP contribution in [0.1, 0.15) is 77.0 Å². The molecule has 0 spiro atoms. The quantitative estimate of drug-likeness (QED) is 0.640. The van der Waals surface area contributed by atoms with Gasteiger partial charge in [-0.1, -0.05) is 38.5 Å². The molecule has 0 aromatic heterocycles. The summed E-state index contributed by atoms with van der Waals surface area (Å²) in [5.74, 6) is 3.12. The van der Waals surface area contributed by atoms with Crippen LogP contribution in [0, 0.1) is 17.8 Å². The predicted molar refractivity (Wildman–Crippen MR) is 77.6 cm³/mol. The summed E-state index contributed by atoms with van der Waals surface area (Å²) in [6.45, 7) is 0. The first-order valence-corrected chi connectivity index (χ1v) is 8.45. The van der Waals surface area contributed by atoms with Gasteiger partial charge in [0.05, 0.1) is 0 Å². The van der Waals surface area contributed by atoms with Crippen LogP contribution in [0.4, 0.5) is 0 Å². The second-order valence-electron chi connectivity index (χ2n) is 6.97. The molecule has 0 amide bonds. The Morgan fingerprint density at radius 1 is 0.647 bits per heavy atom. The molecule has 0 heterocycles. The number of hydrogen-bond donors (Lipinski definition) is 1. The van der Waals surface area contributed by atoms with Crippen molar-refractivity contribution in [1.29, 1.82) is 0 Å². The van der Waals surface area contributed by atoms with Gasteiger partial charge in [0.15, 0.2) is 0 Å². The fourth-order valence-electron chi connectivity index (χ4n) is 4.91. The Morgan fingerprint density at radius 3 is 1.71 bits per heavy atom. The van der Waals surface area contributed by atoms with E-state index < -0.39 is 0 Å². The zero-order valence-corrected chi connectivity index (χ0v) is 12.1. The third-order valence-corrected chi connectivity index (χ3v) is 6.89. The molecule has 0 aliphatic heterocycles. The predicted octanol–water partition coefficient (Wildman–Crippen LogP) is 5.23. The molecule has 0 N–H and O–H groups in total. The average Bonchev–Trinajstić information content (AvgIpc) is 3.04. The fraction of sp³-hybridized carbons (Fsp3) is 1.00. The molecule has 1 heteroatoms. The van der Waals surface area contributed by atoms with Crippen LogP contribution < -0.4 is 0 Å². The lowest BCUT2D eigenvalue weighted by Crippen LogP contribution is -2.36. The van der Waals surface area contributed by atoms with Gasteiger partial charge in [0.2, 0.25) is 0 Å². The molecule has 0 aromatic carbocycles. The second kappa shape index (κ2) is 5.15. The highest BCUT2D eigenvalue weighted by Gasteiger charge is 2.41. The Labute approximate surface area is 112 Å². The summed E-state index contributed by atoms with van der Waals surface area (Å²) in [5, 5.41) is 0. The van der Waals surface area contributed by atoms with Crippen molar-refractivity contribution in [3.63, 3.8) is 0 Å². The van der Waals surface area contributed by atoms with E-state index in [2.05, 4.69) is 0 Å². The van der Waals surface area contributed by atoms with E-state index in [4.69, 9.17) is 12.6 Å². The first kappa shape index (κ1) is 12.4. The van der Waals surface area contributed by atoms with Crippen molar-refractivity contribution >= 4 is 12.6 Å². The number of hydrogen-bond acceptors (Lipinski definition) is 1. The lowest BCUT2D eigenvalue weighted by molar-refractivity contribution is 0.189. The van der Waals surface area contributed by atoms with E-state index >= 15 is 0 Å². The summed E-state index contributed by atoms with van der Waals surface area (Å²) in [6.07, 6.45) is 17.8. The van der Waals surface area contributed by atoms with E-state index in [1.165, 1.54) is 77.0 Å². The van der Waals surface area contributed by atoms with Gasteiger partial charge in [0.25, 0.3) is 0 Å². The first-order chi connectivity index (χ1) is 8.28. The van der Waals surface area contributed by atoms with Crippen molar-refractivity contribution in [2.45, 2.75) is 81.8 Å². The molecule has 0 saturated heterocycles. The number of rotatable bonds is 2. The van der Waals surface area contributed by atoms with Gasteiger partial charge in [0.1, 0.15) is 0 Å². The van der Waals surface area contributed by atoms with Gasteiger partial charge in [-0.05, 0) is 56.3 Å². The standard InChI is InChI=1S/C16H28S/c17-16(15-7-3-4-8-15)11-9-14(10-12-16)13-5-1-2-6-13/h13-15,17H,1-12H2. The van der Waals surface area contributed by atoms with Crippen LogP contribution >= 0.6 is 12.6 Å². The molecular formula is C16H28S. The van der Waals surface area contributed by atoms with E-state index in [0.29, 0.717) is 4.75 Å². The van der Waals surface area contributed by atoms with Crippen LogP contribution in [0.5, 0.6) is 0 Å². The number of thiol groups is 1. The van der Waals surface area contributed by atoms with Gasteiger partial charge < -0.3 is 0 Å². The second-order valence-corrected chi connectivity index (χ2v) is 7.86. The molecule has 3 aliphatic carbocycles. The highest BCUT2D eigenvalue weighted by Crippen LogP contribution is 2.50. The zero-order chi connectivity index (χ0) is 11.7. The molecule has 17 heavy (non-hydrogen) atoms. The van der Waals surface area contributed by atoms with Crippen molar-refractivity contribution in [2.24, 2.45) is 17.8 Å². The van der Waals surface area contributed by atoms with E-state index in [9.17, 15) is 0 Å². The van der Waals surface area contributed by atoms with Crippen molar-refractivity contribution in [3.05, 3.63) is 0 Å². The van der Waals surface area contributed by atoms with Crippen molar-refractivity contribution in [2.75, 3.05) is 0 Å². The Balaban J connectivity index is 1.55. The first-order valence-electron chi connectivity index (χ1n) is 8.00. The molecular weight excluding hydrogens is 224 g/mol. The van der Waals surface area contributed by atoms with E-state index in [1.807, 2.05) is 0 Å². The van der Waals surface area contributed by atoms with Crippen LogP contribution in [0.15, 0.2) is 0 Å². The largest absolute Gasteiger partial charge is 0.172 e. The SMILES string of the molecule is SC1(C2CCCC2)CCC(C2CCCC2)CC1. The highest BCUT2D eigenvalue weighted by molar-refractivity contribution is 7.81. The highest BCUT2D eigenvalue weighted by atomic mass is 32.1. The van der Waals surface area contributed by atoms with Gasteiger partial charge in [-0.3, -0.25) is 0 Å². The fourth-order valence-corrected chi connectivity index (χ4v) is 5.43. The summed E-state index contributed by atoms with van der Waals surface area (Å²) in [6, 6.07) is 0. The van der Waals surface area contributed by atoms with Crippen LogP contribution in [0.3, 0.4) is 0 Å². The van der Waals surface area contributed by atoms with Crippen molar-refractivity contribution < 1.29 is 0 Å². The summed E-state index contributed by atoms with van der Waals surface area (Å²) in [5.41, 5.74) is 0. The summed E-state index contributed by atoms with van der Waals surface area (Å²) >= 11 is 5.13. The molecule has 0 unspecified atom stereocenters. The smallest absolute Gasteiger partial charge is 0.0158 e. The third-order valence-electron chi connectivity index (χ3n) is 6.08. The Kier molecular flexibility index (Phi) is 3.75. The third kappa shape index (κ3) is 2.55. The topological polar surface area (TPSA) is 0 Å². The maximum Gasteiger partial charge on any atom is 0.0158 e. The van der Waals surface area contributed by atoms with E-state index in [-0.39, 0.29) is 0 Å². The maximum atomic E-state index is 5.13. The molecule has 3 aliphatic rings. The van der Waals surface area contributed by atoms with Crippen LogP contribution in [-0.2, 0) is 0 Å².